The molecule has 4 aromatic carbocycles. The molecule has 0 atom stereocenters. The topological polar surface area (TPSA) is 42.5 Å². The minimum absolute atomic E-state index is 0.717. The van der Waals surface area contributed by atoms with Crippen LogP contribution in [0.4, 0.5) is 11.4 Å². The van der Waals surface area contributed by atoms with Gasteiger partial charge in [-0.15, -0.1) is 0 Å². The number of nitrogens with one attached hydrogen (secondary N) is 2. The highest BCUT2D eigenvalue weighted by Gasteiger charge is 2.12. The molecule has 0 aromatic heterocycles. The summed E-state index contributed by atoms with van der Waals surface area (Å²) in [6.45, 7) is 8.29. The zero-order valence-corrected chi connectivity index (χ0v) is 18.9. The van der Waals surface area contributed by atoms with Crippen LogP contribution in [0.1, 0.15) is 22.3 Å². The highest BCUT2D eigenvalue weighted by Crippen LogP contribution is 2.36. The Balaban J connectivity index is 1.57. The molecular formula is C28H28N2O2. The Morgan fingerprint density at radius 3 is 1.19 bits per heavy atom. The second kappa shape index (κ2) is 9.48. The monoisotopic (exact) mass is 424 g/mol. The Bertz CT molecular complexity index is 1100. The van der Waals surface area contributed by atoms with Gasteiger partial charge >= 0.3 is 0 Å². The van der Waals surface area contributed by atoms with E-state index in [0.717, 1.165) is 22.5 Å². The van der Waals surface area contributed by atoms with Crippen molar-refractivity contribution in [2.24, 2.45) is 0 Å². The molecule has 4 heteroatoms. The molecule has 4 rings (SSSR count). The van der Waals surface area contributed by atoms with Crippen molar-refractivity contribution in [1.29, 1.82) is 0 Å². The van der Waals surface area contributed by atoms with Gasteiger partial charge in [-0.25, -0.2) is 11.0 Å². The van der Waals surface area contributed by atoms with Crippen LogP contribution in [0.2, 0.25) is 0 Å². The summed E-state index contributed by atoms with van der Waals surface area (Å²) in [5, 5.41) is 0. The van der Waals surface area contributed by atoms with Gasteiger partial charge in [0.1, 0.15) is 0 Å². The minimum Gasteiger partial charge on any atom is -0.382 e. The van der Waals surface area contributed by atoms with Crippen LogP contribution >= 0.6 is 0 Å². The molecule has 0 saturated carbocycles. The summed E-state index contributed by atoms with van der Waals surface area (Å²) in [6, 6.07) is 28.3. The van der Waals surface area contributed by atoms with E-state index in [2.05, 4.69) is 75.1 Å². The lowest BCUT2D eigenvalue weighted by atomic mass is 10.0. The van der Waals surface area contributed by atoms with E-state index >= 15 is 0 Å². The Morgan fingerprint density at radius 1 is 0.469 bits per heavy atom. The predicted molar refractivity (Wildman–Crippen MR) is 132 cm³/mol. The van der Waals surface area contributed by atoms with Crippen molar-refractivity contribution >= 4 is 11.4 Å². The zero-order chi connectivity index (χ0) is 22.5. The van der Waals surface area contributed by atoms with Crippen molar-refractivity contribution in [3.8, 4) is 22.6 Å². The molecule has 0 spiro atoms. The van der Waals surface area contributed by atoms with E-state index < -0.39 is 0 Å². The maximum atomic E-state index is 6.01. The molecule has 2 N–H and O–H groups in total. The zero-order valence-electron chi connectivity index (χ0n) is 18.9. The van der Waals surface area contributed by atoms with E-state index in [1.807, 2.05) is 48.5 Å². The van der Waals surface area contributed by atoms with Gasteiger partial charge in [-0.1, -0.05) is 48.5 Å². The largest absolute Gasteiger partial charge is 0.382 e. The smallest absolute Gasteiger partial charge is 0.162 e. The fraction of sp³-hybridized carbons (Fsp3) is 0.143. The second-order valence-corrected chi connectivity index (χ2v) is 8.15. The number of hydrogen-bond acceptors (Lipinski definition) is 4. The third-order valence-corrected chi connectivity index (χ3v) is 5.07. The molecule has 0 aliphatic rings. The first-order valence-corrected chi connectivity index (χ1v) is 10.7. The van der Waals surface area contributed by atoms with Crippen molar-refractivity contribution < 1.29 is 9.68 Å². The van der Waals surface area contributed by atoms with Crippen LogP contribution < -0.4 is 20.6 Å². The Labute approximate surface area is 189 Å². The van der Waals surface area contributed by atoms with E-state index in [0.29, 0.717) is 11.5 Å². The molecule has 0 amide bonds. The number of para-hydroxylation sites is 2. The Hall–Kier alpha value is -3.92. The normalized spacial score (nSPS) is 10.5. The summed E-state index contributed by atoms with van der Waals surface area (Å²) in [7, 11) is 0. The maximum Gasteiger partial charge on any atom is 0.162 e. The fourth-order valence-corrected chi connectivity index (χ4v) is 3.85. The Kier molecular flexibility index (Phi) is 6.31. The molecule has 0 aliphatic carbocycles. The van der Waals surface area contributed by atoms with Gasteiger partial charge in [0.25, 0.3) is 0 Å². The van der Waals surface area contributed by atoms with Crippen molar-refractivity contribution in [3.05, 3.63) is 107 Å². The molecule has 0 saturated heterocycles. The number of rotatable bonds is 7. The third-order valence-electron chi connectivity index (χ3n) is 5.07. The molecule has 0 unspecified atom stereocenters. The lowest BCUT2D eigenvalue weighted by Gasteiger charge is -2.16. The van der Waals surface area contributed by atoms with Gasteiger partial charge in [0.15, 0.2) is 11.5 Å². The van der Waals surface area contributed by atoms with Crippen molar-refractivity contribution in [1.82, 2.24) is 0 Å². The standard InChI is InChI=1S/C28H28N2O2/c1-19-13-20(2)16-23(15-19)29-31-27-11-7-5-9-25(27)26-10-6-8-12-28(26)32-30-24-17-21(3)14-22(4)18-24/h5-18,29-30H,1-4H3. The van der Waals surface area contributed by atoms with Gasteiger partial charge in [-0.3, -0.25) is 0 Å². The quantitative estimate of drug-likeness (QED) is 0.303. The van der Waals surface area contributed by atoms with Crippen LogP contribution in [0, 0.1) is 27.7 Å². The molecule has 0 fully saturated rings. The van der Waals surface area contributed by atoms with Gasteiger partial charge in [0.2, 0.25) is 0 Å². The summed E-state index contributed by atoms with van der Waals surface area (Å²) in [6.07, 6.45) is 0. The number of anilines is 2. The summed E-state index contributed by atoms with van der Waals surface area (Å²) in [4.78, 5) is 12.0. The molecule has 0 aliphatic heterocycles. The van der Waals surface area contributed by atoms with E-state index in [-0.39, 0.29) is 0 Å². The first kappa shape index (κ1) is 21.3. The van der Waals surface area contributed by atoms with Gasteiger partial charge in [-0.2, -0.15) is 0 Å². The first-order chi connectivity index (χ1) is 15.5. The number of aryl methyl sites for hydroxylation is 4. The molecule has 4 nitrogen and oxygen atoms in total. The molecule has 4 aromatic rings. The summed E-state index contributed by atoms with van der Waals surface area (Å²) in [5.41, 5.74) is 14.6. The van der Waals surface area contributed by atoms with Crippen LogP contribution in [0.15, 0.2) is 84.9 Å². The van der Waals surface area contributed by atoms with Crippen LogP contribution in [0.5, 0.6) is 11.5 Å². The highest BCUT2D eigenvalue weighted by atomic mass is 16.7. The molecule has 0 radical (unpaired) electrons. The second-order valence-electron chi connectivity index (χ2n) is 8.15. The van der Waals surface area contributed by atoms with Crippen molar-refractivity contribution in [3.63, 3.8) is 0 Å². The van der Waals surface area contributed by atoms with E-state index in [1.54, 1.807) is 0 Å². The molecule has 0 bridgehead atoms. The van der Waals surface area contributed by atoms with Crippen molar-refractivity contribution in [2.45, 2.75) is 27.7 Å². The van der Waals surface area contributed by atoms with Gasteiger partial charge in [0, 0.05) is 11.1 Å². The summed E-state index contributed by atoms with van der Waals surface area (Å²) < 4.78 is 0. The van der Waals surface area contributed by atoms with Crippen molar-refractivity contribution in [2.75, 3.05) is 11.0 Å². The van der Waals surface area contributed by atoms with Crippen LogP contribution in [0.3, 0.4) is 0 Å². The fourth-order valence-electron chi connectivity index (χ4n) is 3.85. The SMILES string of the molecule is Cc1cc(C)cc(NOc2ccccc2-c2ccccc2ONc2cc(C)cc(C)c2)c1. The average molecular weight is 425 g/mol. The van der Waals surface area contributed by atoms with Crippen LogP contribution in [-0.2, 0) is 0 Å². The molecule has 0 heterocycles. The van der Waals surface area contributed by atoms with E-state index in [9.17, 15) is 0 Å². The van der Waals surface area contributed by atoms with Gasteiger partial charge in [-0.05, 0) is 86.3 Å². The number of benzene rings is 4. The molecule has 32 heavy (non-hydrogen) atoms. The lowest BCUT2D eigenvalue weighted by Crippen LogP contribution is -2.08. The minimum atomic E-state index is 0.717. The first-order valence-electron chi connectivity index (χ1n) is 10.7. The Morgan fingerprint density at radius 2 is 0.812 bits per heavy atom. The summed E-state index contributed by atoms with van der Waals surface area (Å²) >= 11 is 0. The molecular weight excluding hydrogens is 396 g/mol. The third kappa shape index (κ3) is 5.22. The number of hydrogen-bond donors (Lipinski definition) is 2. The molecule has 162 valence electrons. The summed E-state index contributed by atoms with van der Waals surface area (Å²) in [5.74, 6) is 1.43. The average Bonchev–Trinajstić information content (AvgIpc) is 2.75. The van der Waals surface area contributed by atoms with Crippen LogP contribution in [0.25, 0.3) is 11.1 Å². The van der Waals surface area contributed by atoms with Gasteiger partial charge in [0.05, 0.1) is 11.4 Å². The maximum absolute atomic E-state index is 6.01. The van der Waals surface area contributed by atoms with Crippen LogP contribution in [-0.4, -0.2) is 0 Å². The lowest BCUT2D eigenvalue weighted by molar-refractivity contribution is 0.400. The predicted octanol–water partition coefficient (Wildman–Crippen LogP) is 7.40. The van der Waals surface area contributed by atoms with E-state index in [1.165, 1.54) is 22.3 Å². The highest BCUT2D eigenvalue weighted by molar-refractivity contribution is 5.76. The van der Waals surface area contributed by atoms with E-state index in [4.69, 9.17) is 9.68 Å². The van der Waals surface area contributed by atoms with Gasteiger partial charge < -0.3 is 9.68 Å².